The van der Waals surface area contributed by atoms with E-state index in [9.17, 15) is 0 Å². The van der Waals surface area contributed by atoms with Crippen LogP contribution in [-0.2, 0) is 7.05 Å². The van der Waals surface area contributed by atoms with Crippen LogP contribution in [0.2, 0.25) is 0 Å². The summed E-state index contributed by atoms with van der Waals surface area (Å²) in [5.74, 6) is 1.16. The predicted octanol–water partition coefficient (Wildman–Crippen LogP) is 2.49. The van der Waals surface area contributed by atoms with E-state index >= 15 is 0 Å². The summed E-state index contributed by atoms with van der Waals surface area (Å²) in [5, 5.41) is 10.4. The molecular formula is C13H16N6S. The smallest absolute Gasteiger partial charge is 0.225 e. The number of nitrogens with two attached hydrogens (primary N) is 1. The Morgan fingerprint density at radius 1 is 1.35 bits per heavy atom. The highest BCUT2D eigenvalue weighted by Crippen LogP contribution is 2.33. The van der Waals surface area contributed by atoms with Crippen LogP contribution in [0, 0.1) is 0 Å². The van der Waals surface area contributed by atoms with Gasteiger partial charge in [0.15, 0.2) is 5.65 Å². The van der Waals surface area contributed by atoms with E-state index in [1.165, 1.54) is 0 Å². The molecule has 0 saturated carbocycles. The minimum absolute atomic E-state index is 0.254. The molecule has 0 bridgehead atoms. The Kier molecular flexibility index (Phi) is 3.06. The number of nitrogens with one attached hydrogen (secondary N) is 1. The lowest BCUT2D eigenvalue weighted by atomic mass is 10.2. The lowest BCUT2D eigenvalue weighted by Crippen LogP contribution is -2.12. The van der Waals surface area contributed by atoms with Crippen LogP contribution in [-0.4, -0.2) is 25.8 Å². The molecule has 0 aliphatic rings. The Labute approximate surface area is 120 Å². The van der Waals surface area contributed by atoms with Crippen LogP contribution >= 0.6 is 11.3 Å². The van der Waals surface area contributed by atoms with Crippen molar-refractivity contribution in [3.05, 3.63) is 17.5 Å². The molecule has 3 aromatic rings. The summed E-state index contributed by atoms with van der Waals surface area (Å²) in [6, 6.07) is 4.28. The Morgan fingerprint density at radius 2 is 2.15 bits per heavy atom. The fourth-order valence-electron chi connectivity index (χ4n) is 2.03. The van der Waals surface area contributed by atoms with E-state index in [-0.39, 0.29) is 6.04 Å². The van der Waals surface area contributed by atoms with Gasteiger partial charge in [-0.25, -0.2) is 4.98 Å². The van der Waals surface area contributed by atoms with E-state index in [2.05, 4.69) is 20.4 Å². The lowest BCUT2D eigenvalue weighted by molar-refractivity contribution is 0.786. The van der Waals surface area contributed by atoms with Crippen molar-refractivity contribution in [1.29, 1.82) is 0 Å². The van der Waals surface area contributed by atoms with Gasteiger partial charge in [0.25, 0.3) is 0 Å². The van der Waals surface area contributed by atoms with Crippen LogP contribution < -0.4 is 11.1 Å². The molecule has 20 heavy (non-hydrogen) atoms. The van der Waals surface area contributed by atoms with E-state index in [1.54, 1.807) is 16.0 Å². The van der Waals surface area contributed by atoms with Crippen LogP contribution in [0.15, 0.2) is 17.5 Å². The van der Waals surface area contributed by atoms with Crippen molar-refractivity contribution in [2.75, 3.05) is 11.1 Å². The molecule has 3 rings (SSSR count). The number of anilines is 2. The number of hydrogen-bond acceptors (Lipinski definition) is 6. The number of fused-ring (bicyclic) bond motifs is 1. The average Bonchev–Trinajstić information content (AvgIpc) is 2.98. The molecule has 7 heteroatoms. The van der Waals surface area contributed by atoms with Gasteiger partial charge < -0.3 is 11.1 Å². The number of thiophene rings is 1. The highest BCUT2D eigenvalue weighted by atomic mass is 32.1. The molecule has 0 spiro atoms. The van der Waals surface area contributed by atoms with Crippen LogP contribution in [0.5, 0.6) is 0 Å². The third kappa shape index (κ3) is 2.09. The predicted molar refractivity (Wildman–Crippen MR) is 82.8 cm³/mol. The zero-order valence-corrected chi connectivity index (χ0v) is 12.4. The van der Waals surface area contributed by atoms with Crippen LogP contribution in [0.1, 0.15) is 13.8 Å². The first-order valence-electron chi connectivity index (χ1n) is 6.37. The van der Waals surface area contributed by atoms with Gasteiger partial charge in [0.2, 0.25) is 5.95 Å². The molecule has 3 N–H and O–H groups in total. The van der Waals surface area contributed by atoms with Crippen molar-refractivity contribution < 1.29 is 0 Å². The summed E-state index contributed by atoms with van der Waals surface area (Å²) >= 11 is 1.63. The number of nitrogens with zero attached hydrogens (tertiary/aromatic N) is 4. The molecule has 0 radical (unpaired) electrons. The SMILES string of the molecule is CC(C)Nc1nc(-c2cccs2)c2c(N)n(C)nc2n1. The Morgan fingerprint density at radius 3 is 2.80 bits per heavy atom. The van der Waals surface area contributed by atoms with Crippen molar-refractivity contribution in [2.45, 2.75) is 19.9 Å². The minimum atomic E-state index is 0.254. The van der Waals surface area contributed by atoms with E-state index in [0.29, 0.717) is 17.4 Å². The summed E-state index contributed by atoms with van der Waals surface area (Å²) in [4.78, 5) is 10.1. The Bertz CT molecular complexity index is 744. The molecule has 3 aromatic heterocycles. The standard InChI is InChI=1S/C13H16N6S/c1-7(2)15-13-16-10(8-5-4-6-20-8)9-11(14)19(3)18-12(9)17-13/h4-7H,14H2,1-3H3,(H,15,17,18). The number of aryl methyl sites for hydroxylation is 1. The molecule has 0 atom stereocenters. The normalized spacial score (nSPS) is 11.4. The van der Waals surface area contributed by atoms with Gasteiger partial charge >= 0.3 is 0 Å². The first-order chi connectivity index (χ1) is 9.56. The highest BCUT2D eigenvalue weighted by Gasteiger charge is 2.17. The van der Waals surface area contributed by atoms with Gasteiger partial charge in [0.1, 0.15) is 5.82 Å². The van der Waals surface area contributed by atoms with Crippen LogP contribution in [0.25, 0.3) is 21.6 Å². The maximum Gasteiger partial charge on any atom is 0.225 e. The molecule has 6 nitrogen and oxygen atoms in total. The molecule has 0 saturated heterocycles. The van der Waals surface area contributed by atoms with Crippen LogP contribution in [0.3, 0.4) is 0 Å². The fraction of sp³-hybridized carbons (Fsp3) is 0.308. The van der Waals surface area contributed by atoms with Crippen LogP contribution in [0.4, 0.5) is 11.8 Å². The second kappa shape index (κ2) is 4.75. The lowest BCUT2D eigenvalue weighted by Gasteiger charge is -2.09. The zero-order valence-electron chi connectivity index (χ0n) is 11.6. The van der Waals surface area contributed by atoms with Gasteiger partial charge in [-0.3, -0.25) is 4.68 Å². The number of hydrogen-bond donors (Lipinski definition) is 2. The summed E-state index contributed by atoms with van der Waals surface area (Å²) in [6.07, 6.45) is 0. The first-order valence-corrected chi connectivity index (χ1v) is 7.25. The second-order valence-electron chi connectivity index (χ2n) is 4.88. The largest absolute Gasteiger partial charge is 0.383 e. The topological polar surface area (TPSA) is 81.6 Å². The third-order valence-electron chi connectivity index (χ3n) is 2.91. The van der Waals surface area contributed by atoms with Crippen molar-refractivity contribution >= 4 is 34.1 Å². The molecule has 0 unspecified atom stereocenters. The maximum absolute atomic E-state index is 6.10. The molecule has 0 aromatic carbocycles. The molecular weight excluding hydrogens is 272 g/mol. The van der Waals surface area contributed by atoms with E-state index in [1.807, 2.05) is 38.4 Å². The maximum atomic E-state index is 6.10. The highest BCUT2D eigenvalue weighted by molar-refractivity contribution is 7.13. The summed E-state index contributed by atoms with van der Waals surface area (Å²) < 4.78 is 1.63. The summed E-state index contributed by atoms with van der Waals surface area (Å²) in [5.41, 5.74) is 7.55. The van der Waals surface area contributed by atoms with Gasteiger partial charge in [0.05, 0.1) is 16.0 Å². The van der Waals surface area contributed by atoms with Crippen molar-refractivity contribution in [3.8, 4) is 10.6 Å². The van der Waals surface area contributed by atoms with Crippen molar-refractivity contribution in [2.24, 2.45) is 7.05 Å². The monoisotopic (exact) mass is 288 g/mol. The number of rotatable bonds is 3. The van der Waals surface area contributed by atoms with Gasteiger partial charge in [-0.05, 0) is 25.3 Å². The zero-order chi connectivity index (χ0) is 14.3. The Hall–Kier alpha value is -2.15. The van der Waals surface area contributed by atoms with Gasteiger partial charge in [-0.2, -0.15) is 10.1 Å². The second-order valence-corrected chi connectivity index (χ2v) is 5.83. The molecule has 0 aliphatic heterocycles. The first kappa shape index (κ1) is 12.9. The van der Waals surface area contributed by atoms with Gasteiger partial charge in [-0.1, -0.05) is 6.07 Å². The average molecular weight is 288 g/mol. The van der Waals surface area contributed by atoms with Gasteiger partial charge in [-0.15, -0.1) is 11.3 Å². The third-order valence-corrected chi connectivity index (χ3v) is 3.79. The van der Waals surface area contributed by atoms with E-state index in [4.69, 9.17) is 5.73 Å². The summed E-state index contributed by atoms with van der Waals surface area (Å²) in [6.45, 7) is 4.09. The van der Waals surface area contributed by atoms with E-state index in [0.717, 1.165) is 16.0 Å². The summed E-state index contributed by atoms with van der Waals surface area (Å²) in [7, 11) is 1.81. The molecule has 0 aliphatic carbocycles. The number of aromatic nitrogens is 4. The Balaban J connectivity index is 2.28. The fourth-order valence-corrected chi connectivity index (χ4v) is 2.75. The van der Waals surface area contributed by atoms with Gasteiger partial charge in [0, 0.05) is 13.1 Å². The molecule has 0 fully saturated rings. The number of nitrogen functional groups attached to an aromatic ring is 1. The molecule has 104 valence electrons. The molecule has 0 amide bonds. The van der Waals surface area contributed by atoms with E-state index < -0.39 is 0 Å². The molecule has 3 heterocycles. The quantitative estimate of drug-likeness (QED) is 0.774. The van der Waals surface area contributed by atoms with Crippen molar-refractivity contribution in [3.63, 3.8) is 0 Å². The van der Waals surface area contributed by atoms with Crippen molar-refractivity contribution in [1.82, 2.24) is 19.7 Å². The minimum Gasteiger partial charge on any atom is -0.383 e.